The number of benzene rings is 1. The van der Waals surface area contributed by atoms with Crippen LogP contribution in [-0.4, -0.2) is 19.0 Å². The van der Waals surface area contributed by atoms with Gasteiger partial charge in [-0.05, 0) is 42.0 Å². The highest BCUT2D eigenvalue weighted by Gasteiger charge is 2.65. The van der Waals surface area contributed by atoms with Crippen LogP contribution in [0.4, 0.5) is 0 Å². The topological polar surface area (TPSA) is 35.5 Å². The van der Waals surface area contributed by atoms with Crippen molar-refractivity contribution in [3.05, 3.63) is 46.5 Å². The summed E-state index contributed by atoms with van der Waals surface area (Å²) >= 11 is 0. The SMILES string of the molecule is Cc1ccc2c3c1CCO[C@@]31C[C@H]3C(C)(C)C(=O)C=C[C@@]23CO1. The van der Waals surface area contributed by atoms with Crippen LogP contribution < -0.4 is 0 Å². The summed E-state index contributed by atoms with van der Waals surface area (Å²) in [4.78, 5) is 12.5. The Labute approximate surface area is 136 Å². The molecule has 3 nitrogen and oxygen atoms in total. The molecule has 3 atom stereocenters. The molecule has 2 spiro atoms. The molecule has 0 saturated carbocycles. The average Bonchev–Trinajstić information content (AvgIpc) is 2.54. The molecule has 0 radical (unpaired) electrons. The molecule has 1 aromatic carbocycles. The van der Waals surface area contributed by atoms with Crippen molar-refractivity contribution in [2.45, 2.75) is 44.8 Å². The molecule has 2 aliphatic carbocycles. The molecule has 6 rings (SSSR count). The van der Waals surface area contributed by atoms with Crippen LogP contribution in [0, 0.1) is 18.3 Å². The Bertz CT molecular complexity index is 775. The van der Waals surface area contributed by atoms with E-state index in [-0.39, 0.29) is 22.5 Å². The Balaban J connectivity index is 1.86. The standard InChI is InChI=1S/C20H22O3/c1-12-4-5-14-17-13(12)7-9-22-20(17)10-15-18(2,3)16(21)6-8-19(14,15)11-23-20/h4-6,8,15H,7,9-11H2,1-3H3/t15-,19+,20+/m0/s1. The Morgan fingerprint density at radius 2 is 2.04 bits per heavy atom. The van der Waals surface area contributed by atoms with Gasteiger partial charge in [0.2, 0.25) is 0 Å². The normalized spacial score (nSPS) is 39.1. The van der Waals surface area contributed by atoms with E-state index >= 15 is 0 Å². The van der Waals surface area contributed by atoms with Crippen LogP contribution in [0.2, 0.25) is 0 Å². The Hall–Kier alpha value is -1.45. The van der Waals surface area contributed by atoms with E-state index in [0.29, 0.717) is 13.2 Å². The number of hydrogen-bond donors (Lipinski definition) is 0. The molecule has 2 bridgehead atoms. The van der Waals surface area contributed by atoms with Crippen molar-refractivity contribution in [2.75, 3.05) is 13.2 Å². The van der Waals surface area contributed by atoms with Gasteiger partial charge in [0.1, 0.15) is 0 Å². The highest BCUT2D eigenvalue weighted by molar-refractivity contribution is 5.96. The lowest BCUT2D eigenvalue weighted by Gasteiger charge is -2.62. The van der Waals surface area contributed by atoms with Gasteiger partial charge in [-0.3, -0.25) is 4.79 Å². The smallest absolute Gasteiger partial charge is 0.195 e. The Morgan fingerprint density at radius 3 is 2.87 bits per heavy atom. The highest BCUT2D eigenvalue weighted by Crippen LogP contribution is 2.64. The molecule has 0 unspecified atom stereocenters. The van der Waals surface area contributed by atoms with Gasteiger partial charge in [0, 0.05) is 22.8 Å². The summed E-state index contributed by atoms with van der Waals surface area (Å²) < 4.78 is 12.6. The van der Waals surface area contributed by atoms with Crippen LogP contribution in [0.3, 0.4) is 0 Å². The maximum Gasteiger partial charge on any atom is 0.195 e. The molecule has 0 N–H and O–H groups in total. The predicted octanol–water partition coefficient (Wildman–Crippen LogP) is 3.17. The predicted molar refractivity (Wildman–Crippen MR) is 86.2 cm³/mol. The van der Waals surface area contributed by atoms with Gasteiger partial charge in [-0.1, -0.05) is 32.1 Å². The molecular weight excluding hydrogens is 288 g/mol. The van der Waals surface area contributed by atoms with E-state index in [0.717, 1.165) is 12.8 Å². The lowest BCUT2D eigenvalue weighted by molar-refractivity contribution is -0.311. The van der Waals surface area contributed by atoms with Gasteiger partial charge in [-0.15, -0.1) is 0 Å². The number of allylic oxidation sites excluding steroid dienone is 1. The number of carbonyl (C=O) groups excluding carboxylic acids is 1. The van der Waals surface area contributed by atoms with E-state index in [1.54, 1.807) is 6.08 Å². The maximum absolute atomic E-state index is 12.5. The summed E-state index contributed by atoms with van der Waals surface area (Å²) in [5.74, 6) is -0.187. The largest absolute Gasteiger partial charge is 0.345 e. The molecule has 23 heavy (non-hydrogen) atoms. The first kappa shape index (κ1) is 13.9. The fourth-order valence-corrected chi connectivity index (χ4v) is 5.44. The van der Waals surface area contributed by atoms with E-state index in [1.807, 2.05) is 0 Å². The molecule has 3 aliphatic heterocycles. The van der Waals surface area contributed by atoms with Gasteiger partial charge >= 0.3 is 0 Å². The molecule has 1 aromatic rings. The highest BCUT2D eigenvalue weighted by atomic mass is 16.7. The fraction of sp³-hybridized carbons (Fsp3) is 0.550. The van der Waals surface area contributed by atoms with Crippen molar-refractivity contribution >= 4 is 5.78 Å². The zero-order valence-electron chi connectivity index (χ0n) is 13.9. The Morgan fingerprint density at radius 1 is 1.22 bits per heavy atom. The number of fused-ring (bicyclic) bond motifs is 1. The molecule has 0 amide bonds. The quantitative estimate of drug-likeness (QED) is 0.738. The van der Waals surface area contributed by atoms with Gasteiger partial charge in [0.15, 0.2) is 11.6 Å². The Kier molecular flexibility index (Phi) is 2.40. The lowest BCUT2D eigenvalue weighted by atomic mass is 9.49. The molecular formula is C20H22O3. The second-order valence-electron chi connectivity index (χ2n) is 8.14. The number of rotatable bonds is 0. The first-order chi connectivity index (χ1) is 10.9. The average molecular weight is 310 g/mol. The second-order valence-corrected chi connectivity index (χ2v) is 8.14. The lowest BCUT2D eigenvalue weighted by Crippen LogP contribution is -2.64. The number of aryl methyl sites for hydroxylation is 1. The summed E-state index contributed by atoms with van der Waals surface area (Å²) in [6, 6.07) is 4.49. The van der Waals surface area contributed by atoms with Crippen LogP contribution >= 0.6 is 0 Å². The monoisotopic (exact) mass is 310 g/mol. The molecule has 1 saturated heterocycles. The fourth-order valence-electron chi connectivity index (χ4n) is 5.44. The van der Waals surface area contributed by atoms with Crippen molar-refractivity contribution in [3.8, 4) is 0 Å². The zero-order valence-corrected chi connectivity index (χ0v) is 13.9. The third-order valence-corrected chi connectivity index (χ3v) is 6.79. The summed E-state index contributed by atoms with van der Waals surface area (Å²) in [6.45, 7) is 7.65. The van der Waals surface area contributed by atoms with E-state index in [4.69, 9.17) is 9.47 Å². The summed E-state index contributed by atoms with van der Waals surface area (Å²) in [5.41, 5.74) is 4.76. The van der Waals surface area contributed by atoms with Crippen LogP contribution in [0.1, 0.15) is 42.5 Å². The second kappa shape index (κ2) is 3.96. The number of carbonyl (C=O) groups is 1. The minimum absolute atomic E-state index is 0.183. The van der Waals surface area contributed by atoms with Crippen molar-refractivity contribution in [1.29, 1.82) is 0 Å². The van der Waals surface area contributed by atoms with Crippen molar-refractivity contribution in [1.82, 2.24) is 0 Å². The molecule has 0 aromatic heterocycles. The van der Waals surface area contributed by atoms with Gasteiger partial charge in [-0.2, -0.15) is 0 Å². The minimum atomic E-state index is -0.635. The van der Waals surface area contributed by atoms with E-state index in [1.165, 1.54) is 22.3 Å². The van der Waals surface area contributed by atoms with Crippen LogP contribution in [0.5, 0.6) is 0 Å². The zero-order chi connectivity index (χ0) is 16.0. The summed E-state index contributed by atoms with van der Waals surface area (Å²) in [7, 11) is 0. The number of ether oxygens (including phenoxy) is 2. The van der Waals surface area contributed by atoms with E-state index < -0.39 is 5.79 Å². The van der Waals surface area contributed by atoms with Crippen LogP contribution in [0.25, 0.3) is 0 Å². The third-order valence-electron chi connectivity index (χ3n) is 6.79. The van der Waals surface area contributed by atoms with E-state index in [2.05, 4.69) is 39.0 Å². The number of ketones is 1. The van der Waals surface area contributed by atoms with Crippen molar-refractivity contribution in [2.24, 2.45) is 11.3 Å². The van der Waals surface area contributed by atoms with Gasteiger partial charge in [-0.25, -0.2) is 0 Å². The molecule has 5 aliphatic rings. The van der Waals surface area contributed by atoms with Gasteiger partial charge in [0.05, 0.1) is 13.2 Å². The maximum atomic E-state index is 12.5. The first-order valence-corrected chi connectivity index (χ1v) is 8.56. The third kappa shape index (κ3) is 1.42. The van der Waals surface area contributed by atoms with Crippen LogP contribution in [0.15, 0.2) is 24.3 Å². The van der Waals surface area contributed by atoms with Gasteiger partial charge < -0.3 is 9.47 Å². The molecule has 1 fully saturated rings. The summed E-state index contributed by atoms with van der Waals surface area (Å²) in [6.07, 6.45) is 5.63. The minimum Gasteiger partial charge on any atom is -0.345 e. The van der Waals surface area contributed by atoms with E-state index in [9.17, 15) is 4.79 Å². The molecule has 120 valence electrons. The van der Waals surface area contributed by atoms with Gasteiger partial charge in [0.25, 0.3) is 0 Å². The van der Waals surface area contributed by atoms with Crippen molar-refractivity contribution < 1.29 is 14.3 Å². The first-order valence-electron chi connectivity index (χ1n) is 8.56. The molecule has 3 heterocycles. The van der Waals surface area contributed by atoms with Crippen LogP contribution in [-0.2, 0) is 31.9 Å². The summed E-state index contributed by atoms with van der Waals surface area (Å²) in [5, 5.41) is 0. The molecule has 3 heteroatoms. The number of hydrogen-bond acceptors (Lipinski definition) is 3. The van der Waals surface area contributed by atoms with Crippen molar-refractivity contribution in [3.63, 3.8) is 0 Å².